The lowest BCUT2D eigenvalue weighted by Gasteiger charge is -2.31. The summed E-state index contributed by atoms with van der Waals surface area (Å²) in [6, 6.07) is 17.0. The molecule has 0 spiro atoms. The number of pyridine rings is 2. The van der Waals surface area contributed by atoms with E-state index in [-0.39, 0.29) is 17.4 Å². The van der Waals surface area contributed by atoms with Crippen LogP contribution in [0.1, 0.15) is 31.8 Å². The summed E-state index contributed by atoms with van der Waals surface area (Å²) in [6.07, 6.45) is 4.08. The van der Waals surface area contributed by atoms with Crippen LogP contribution in [0.25, 0.3) is 11.1 Å². The number of morpholine rings is 1. The highest BCUT2D eigenvalue weighted by atomic mass is 16.5. The molecular formula is C33H34N6O4. The maximum Gasteiger partial charge on any atom is 0.274 e. The van der Waals surface area contributed by atoms with Gasteiger partial charge in [0.15, 0.2) is 0 Å². The fourth-order valence-corrected chi connectivity index (χ4v) is 5.73. The van der Waals surface area contributed by atoms with Crippen molar-refractivity contribution in [2.75, 3.05) is 55.4 Å². The van der Waals surface area contributed by atoms with Crippen molar-refractivity contribution in [3.05, 3.63) is 99.6 Å². The van der Waals surface area contributed by atoms with Crippen molar-refractivity contribution < 1.29 is 14.3 Å². The number of benzene rings is 2. The van der Waals surface area contributed by atoms with Crippen molar-refractivity contribution >= 4 is 34.7 Å². The summed E-state index contributed by atoms with van der Waals surface area (Å²) < 4.78 is 6.86. The molecule has 2 aromatic heterocycles. The molecule has 0 atom stereocenters. The fourth-order valence-electron chi connectivity index (χ4n) is 5.73. The summed E-state index contributed by atoms with van der Waals surface area (Å²) in [5, 5.41) is 6.27. The van der Waals surface area contributed by atoms with Crippen LogP contribution in [0.5, 0.6) is 0 Å². The van der Waals surface area contributed by atoms with Gasteiger partial charge < -0.3 is 29.7 Å². The first-order chi connectivity index (χ1) is 20.8. The van der Waals surface area contributed by atoms with E-state index in [4.69, 9.17) is 4.74 Å². The zero-order valence-corrected chi connectivity index (χ0v) is 24.5. The van der Waals surface area contributed by atoms with E-state index in [1.165, 1.54) is 10.8 Å². The lowest BCUT2D eigenvalue weighted by atomic mass is 9.95. The second kappa shape index (κ2) is 11.7. The van der Waals surface area contributed by atoms with Gasteiger partial charge in [0.05, 0.1) is 18.8 Å². The second-order valence-electron chi connectivity index (χ2n) is 10.8. The summed E-state index contributed by atoms with van der Waals surface area (Å²) >= 11 is 0. The lowest BCUT2D eigenvalue weighted by molar-refractivity contribution is 0.0302. The SMILES string of the molecule is CNc1ccc2c(c1)CCN(c1cccc(-c3cc(Nc4ccc(C(=O)N5CCOCC5)cn4)c(=O)n(C)c3)c1C)C2=O. The van der Waals surface area contributed by atoms with Gasteiger partial charge in [0.2, 0.25) is 0 Å². The molecule has 4 heterocycles. The third-order valence-corrected chi connectivity index (χ3v) is 8.14. The highest BCUT2D eigenvalue weighted by molar-refractivity contribution is 6.09. The fraction of sp³-hybridized carbons (Fsp3) is 0.273. The van der Waals surface area contributed by atoms with Crippen LogP contribution in [0.3, 0.4) is 0 Å². The minimum atomic E-state index is -0.211. The molecule has 0 aliphatic carbocycles. The van der Waals surface area contributed by atoms with Gasteiger partial charge in [-0.2, -0.15) is 0 Å². The van der Waals surface area contributed by atoms with Crippen LogP contribution in [0.15, 0.2) is 71.8 Å². The molecule has 0 saturated carbocycles. The molecule has 0 unspecified atom stereocenters. The molecule has 4 aromatic rings. The molecule has 1 fully saturated rings. The Morgan fingerprint density at radius 3 is 2.53 bits per heavy atom. The minimum Gasteiger partial charge on any atom is -0.388 e. The first-order valence-corrected chi connectivity index (χ1v) is 14.4. The smallest absolute Gasteiger partial charge is 0.274 e. The molecule has 2 aliphatic heterocycles. The highest BCUT2D eigenvalue weighted by Gasteiger charge is 2.27. The predicted octanol–water partition coefficient (Wildman–Crippen LogP) is 4.22. The number of carbonyl (C=O) groups excluding carboxylic acids is 2. The number of aryl methyl sites for hydroxylation is 1. The average Bonchev–Trinajstić information content (AvgIpc) is 3.04. The zero-order chi connectivity index (χ0) is 30.1. The predicted molar refractivity (Wildman–Crippen MR) is 167 cm³/mol. The van der Waals surface area contributed by atoms with Crippen LogP contribution in [0.4, 0.5) is 22.9 Å². The number of amides is 2. The van der Waals surface area contributed by atoms with Crippen LogP contribution >= 0.6 is 0 Å². The highest BCUT2D eigenvalue weighted by Crippen LogP contribution is 2.34. The summed E-state index contributed by atoms with van der Waals surface area (Å²) in [4.78, 5) is 47.4. The second-order valence-corrected chi connectivity index (χ2v) is 10.8. The quantitative estimate of drug-likeness (QED) is 0.353. The molecule has 1 saturated heterocycles. The Balaban J connectivity index is 1.26. The Bertz CT molecular complexity index is 1760. The van der Waals surface area contributed by atoms with Gasteiger partial charge in [-0.1, -0.05) is 12.1 Å². The molecule has 6 rings (SSSR count). The van der Waals surface area contributed by atoms with Crippen molar-refractivity contribution in [2.45, 2.75) is 13.3 Å². The summed E-state index contributed by atoms with van der Waals surface area (Å²) in [5.74, 6) is 0.347. The number of anilines is 4. The maximum atomic E-state index is 13.5. The van der Waals surface area contributed by atoms with Crippen LogP contribution in [-0.4, -0.2) is 66.2 Å². The van der Waals surface area contributed by atoms with Crippen LogP contribution in [0.2, 0.25) is 0 Å². The van der Waals surface area contributed by atoms with Crippen molar-refractivity contribution in [1.29, 1.82) is 0 Å². The van der Waals surface area contributed by atoms with Gasteiger partial charge in [-0.05, 0) is 72.5 Å². The number of rotatable bonds is 6. The number of nitrogens with zero attached hydrogens (tertiary/aromatic N) is 4. The van der Waals surface area contributed by atoms with Gasteiger partial charge >= 0.3 is 0 Å². The number of hydrogen-bond acceptors (Lipinski definition) is 7. The topological polar surface area (TPSA) is 109 Å². The maximum absolute atomic E-state index is 13.5. The Labute approximate surface area is 249 Å². The van der Waals surface area contributed by atoms with E-state index in [1.54, 1.807) is 36.3 Å². The van der Waals surface area contributed by atoms with Crippen LogP contribution in [-0.2, 0) is 18.2 Å². The molecule has 2 aliphatic rings. The summed E-state index contributed by atoms with van der Waals surface area (Å²) in [7, 11) is 3.58. The Morgan fingerprint density at radius 2 is 1.79 bits per heavy atom. The number of ether oxygens (including phenoxy) is 1. The van der Waals surface area contributed by atoms with Gasteiger partial charge in [0.1, 0.15) is 11.5 Å². The molecular weight excluding hydrogens is 544 g/mol. The molecule has 10 nitrogen and oxygen atoms in total. The molecule has 0 radical (unpaired) electrons. The third kappa shape index (κ3) is 5.49. The minimum absolute atomic E-state index is 0.0198. The average molecular weight is 579 g/mol. The Morgan fingerprint density at radius 1 is 0.977 bits per heavy atom. The van der Waals surface area contributed by atoms with E-state index >= 15 is 0 Å². The largest absolute Gasteiger partial charge is 0.388 e. The van der Waals surface area contributed by atoms with Gasteiger partial charge in [0.25, 0.3) is 17.4 Å². The first-order valence-electron chi connectivity index (χ1n) is 14.4. The molecule has 2 amide bonds. The molecule has 0 bridgehead atoms. The van der Waals surface area contributed by atoms with Gasteiger partial charge in [-0.25, -0.2) is 4.98 Å². The van der Waals surface area contributed by atoms with Gasteiger partial charge in [-0.15, -0.1) is 0 Å². The Kier molecular flexibility index (Phi) is 7.69. The van der Waals surface area contributed by atoms with Crippen LogP contribution < -0.4 is 21.1 Å². The van der Waals surface area contributed by atoms with Gasteiger partial charge in [0, 0.05) is 68.6 Å². The van der Waals surface area contributed by atoms with Crippen molar-refractivity contribution in [3.8, 4) is 11.1 Å². The van der Waals surface area contributed by atoms with E-state index in [0.717, 1.165) is 40.0 Å². The summed E-state index contributed by atoms with van der Waals surface area (Å²) in [6.45, 7) is 4.75. The zero-order valence-electron chi connectivity index (χ0n) is 24.5. The third-order valence-electron chi connectivity index (χ3n) is 8.14. The lowest BCUT2D eigenvalue weighted by Crippen LogP contribution is -2.40. The first kappa shape index (κ1) is 28.2. The summed E-state index contributed by atoms with van der Waals surface area (Å²) in [5.41, 5.74) is 6.91. The van der Waals surface area contributed by atoms with E-state index in [1.807, 2.05) is 55.3 Å². The van der Waals surface area contributed by atoms with E-state index in [9.17, 15) is 14.4 Å². The number of aromatic nitrogens is 2. The number of hydrogen-bond donors (Lipinski definition) is 2. The molecule has 2 aromatic carbocycles. The van der Waals surface area contributed by atoms with Crippen LogP contribution in [0, 0.1) is 6.92 Å². The van der Waals surface area contributed by atoms with Crippen molar-refractivity contribution in [1.82, 2.24) is 14.5 Å². The molecule has 220 valence electrons. The van der Waals surface area contributed by atoms with E-state index in [2.05, 4.69) is 15.6 Å². The number of nitrogens with one attached hydrogen (secondary N) is 2. The Hall–Kier alpha value is -4.96. The number of fused-ring (bicyclic) bond motifs is 1. The number of carbonyl (C=O) groups is 2. The molecule has 10 heteroatoms. The van der Waals surface area contributed by atoms with Crippen molar-refractivity contribution in [3.63, 3.8) is 0 Å². The van der Waals surface area contributed by atoms with Crippen molar-refractivity contribution in [2.24, 2.45) is 7.05 Å². The van der Waals surface area contributed by atoms with Gasteiger partial charge in [-0.3, -0.25) is 14.4 Å². The standard InChI is InChI=1S/C33H34N6O4/c1-21-26(5-4-6-29(21)39-12-11-22-17-25(34-2)8-9-27(22)32(39)41)24-18-28(33(42)37(3)20-24)36-30-10-7-23(19-35-30)31(40)38-13-15-43-16-14-38/h4-10,17-20,34H,11-16H2,1-3H3,(H,35,36). The molecule has 43 heavy (non-hydrogen) atoms. The molecule has 2 N–H and O–H groups in total. The monoisotopic (exact) mass is 578 g/mol. The normalized spacial score (nSPS) is 14.8. The van der Waals surface area contributed by atoms with E-state index in [0.29, 0.717) is 55.5 Å². The van der Waals surface area contributed by atoms with E-state index < -0.39 is 0 Å².